The zero-order valence-corrected chi connectivity index (χ0v) is 22.7. The molecular weight excluding hydrogens is 505 g/mol. The van der Waals surface area contributed by atoms with E-state index in [1.54, 1.807) is 32.0 Å². The highest BCUT2D eigenvalue weighted by molar-refractivity contribution is 6.45. The molecule has 1 fully saturated rings. The minimum absolute atomic E-state index is 0.0848. The number of pyridine rings is 1. The first-order valence-corrected chi connectivity index (χ1v) is 12.9. The number of aromatic nitrogens is 1. The predicted octanol–water partition coefficient (Wildman–Crippen LogP) is 4.41. The number of ether oxygens (including phenoxy) is 2. The largest absolute Gasteiger partial charge is 0.497 e. The molecule has 5 rings (SSSR count). The Morgan fingerprint density at radius 1 is 1.18 bits per heavy atom. The lowest BCUT2D eigenvalue weighted by Gasteiger charge is -2.49. The first-order valence-electron chi connectivity index (χ1n) is 12.5. The summed E-state index contributed by atoms with van der Waals surface area (Å²) in [5.41, 5.74) is 4.31. The zero-order valence-electron chi connectivity index (χ0n) is 21.9. The van der Waals surface area contributed by atoms with Crippen LogP contribution in [0.3, 0.4) is 0 Å². The number of hydrogen-bond donors (Lipinski definition) is 2. The van der Waals surface area contributed by atoms with Crippen LogP contribution >= 0.6 is 11.6 Å². The number of benzene rings is 2. The molecule has 9 nitrogen and oxygen atoms in total. The number of amides is 2. The second-order valence-electron chi connectivity index (χ2n) is 9.61. The first kappa shape index (κ1) is 26.2. The molecule has 0 spiro atoms. The monoisotopic (exact) mass is 535 g/mol. The number of carbonyl (C=O) groups is 1. The number of fused-ring (bicyclic) bond motifs is 1. The standard InChI is InChI=1S/C27H31BClN5O4/c1-17-6-5-7-22(29)26(17)33-14-19-13-31-25(30-12-18-8-9-21(37-3)10-24(18)38-4)11-23(19)34(27(33)35)20-15-32(16-20)28(2)36/h5-11,13,20,36H,12,14-16H2,1-4H3,(H,30,31). The highest BCUT2D eigenvalue weighted by Gasteiger charge is 2.43. The Bertz CT molecular complexity index is 1330. The molecule has 0 saturated carbocycles. The molecule has 198 valence electrons. The highest BCUT2D eigenvalue weighted by Crippen LogP contribution is 2.39. The van der Waals surface area contributed by atoms with Crippen LogP contribution in [0, 0.1) is 6.92 Å². The van der Waals surface area contributed by atoms with Crippen molar-refractivity contribution in [2.75, 3.05) is 42.4 Å². The normalized spacial score (nSPS) is 15.7. The summed E-state index contributed by atoms with van der Waals surface area (Å²) in [6, 6.07) is 13.0. The van der Waals surface area contributed by atoms with E-state index in [0.29, 0.717) is 48.5 Å². The third-order valence-corrected chi connectivity index (χ3v) is 7.49. The smallest absolute Gasteiger partial charge is 0.376 e. The Labute approximate surface area is 228 Å². The van der Waals surface area contributed by atoms with Gasteiger partial charge in [-0.05, 0) is 37.5 Å². The van der Waals surface area contributed by atoms with Gasteiger partial charge in [-0.1, -0.05) is 23.7 Å². The van der Waals surface area contributed by atoms with Crippen molar-refractivity contribution >= 4 is 41.9 Å². The van der Waals surface area contributed by atoms with Gasteiger partial charge < -0.3 is 24.6 Å². The van der Waals surface area contributed by atoms with Crippen molar-refractivity contribution in [3.8, 4) is 11.5 Å². The minimum atomic E-state index is -0.568. The van der Waals surface area contributed by atoms with E-state index in [-0.39, 0.29) is 12.1 Å². The molecule has 0 atom stereocenters. The van der Waals surface area contributed by atoms with Gasteiger partial charge in [-0.2, -0.15) is 0 Å². The van der Waals surface area contributed by atoms with Crippen molar-refractivity contribution < 1.29 is 19.3 Å². The average Bonchev–Trinajstić information content (AvgIpc) is 2.88. The van der Waals surface area contributed by atoms with Gasteiger partial charge in [0.1, 0.15) is 17.3 Å². The van der Waals surface area contributed by atoms with Gasteiger partial charge in [0.05, 0.1) is 43.2 Å². The van der Waals surface area contributed by atoms with Crippen LogP contribution in [0.5, 0.6) is 11.5 Å². The predicted molar refractivity (Wildman–Crippen MR) is 151 cm³/mol. The number of hydrogen-bond acceptors (Lipinski definition) is 7. The summed E-state index contributed by atoms with van der Waals surface area (Å²) in [5, 5.41) is 13.9. The van der Waals surface area contributed by atoms with Crippen LogP contribution in [0.4, 0.5) is 22.0 Å². The quantitative estimate of drug-likeness (QED) is 0.413. The number of halogens is 1. The van der Waals surface area contributed by atoms with Gasteiger partial charge in [-0.25, -0.2) is 9.78 Å². The molecule has 3 heterocycles. The number of para-hydroxylation sites is 1. The first-order chi connectivity index (χ1) is 18.3. The van der Waals surface area contributed by atoms with Crippen LogP contribution in [-0.2, 0) is 13.1 Å². The van der Waals surface area contributed by atoms with E-state index in [0.717, 1.165) is 28.1 Å². The molecule has 11 heteroatoms. The molecule has 2 amide bonds. The van der Waals surface area contributed by atoms with Crippen molar-refractivity contribution in [3.05, 3.63) is 70.4 Å². The molecule has 1 saturated heterocycles. The van der Waals surface area contributed by atoms with Crippen LogP contribution in [0.1, 0.15) is 16.7 Å². The Hall–Kier alpha value is -3.47. The lowest BCUT2D eigenvalue weighted by molar-refractivity contribution is 0.210. The summed E-state index contributed by atoms with van der Waals surface area (Å²) in [6.07, 6.45) is 1.81. The summed E-state index contributed by atoms with van der Waals surface area (Å²) >= 11 is 6.57. The number of anilines is 3. The number of methoxy groups -OCH3 is 2. The molecule has 2 N–H and O–H groups in total. The Balaban J connectivity index is 1.46. The summed E-state index contributed by atoms with van der Waals surface area (Å²) < 4.78 is 10.8. The minimum Gasteiger partial charge on any atom is -0.497 e. The fourth-order valence-electron chi connectivity index (χ4n) is 5.02. The van der Waals surface area contributed by atoms with Gasteiger partial charge in [0.15, 0.2) is 0 Å². The third kappa shape index (κ3) is 4.87. The molecule has 0 unspecified atom stereocenters. The van der Waals surface area contributed by atoms with Gasteiger partial charge in [-0.15, -0.1) is 0 Å². The number of nitrogens with one attached hydrogen (secondary N) is 1. The van der Waals surface area contributed by atoms with Gasteiger partial charge in [0.25, 0.3) is 0 Å². The Morgan fingerprint density at radius 3 is 2.66 bits per heavy atom. The van der Waals surface area contributed by atoms with E-state index in [1.165, 1.54) is 0 Å². The van der Waals surface area contributed by atoms with Gasteiger partial charge in [0, 0.05) is 49.1 Å². The number of carbonyl (C=O) groups excluding carboxylic acids is 1. The van der Waals surface area contributed by atoms with Crippen LogP contribution in [-0.4, -0.2) is 61.3 Å². The van der Waals surface area contributed by atoms with E-state index in [2.05, 4.69) is 10.3 Å². The molecule has 2 aliphatic rings. The molecule has 0 bridgehead atoms. The van der Waals surface area contributed by atoms with E-state index in [9.17, 15) is 9.82 Å². The lowest BCUT2D eigenvalue weighted by Crippen LogP contribution is -2.67. The van der Waals surface area contributed by atoms with Crippen molar-refractivity contribution in [1.29, 1.82) is 0 Å². The summed E-state index contributed by atoms with van der Waals surface area (Å²) in [5.74, 6) is 2.08. The van der Waals surface area contributed by atoms with Gasteiger partial charge >= 0.3 is 13.1 Å². The zero-order chi connectivity index (χ0) is 27.0. The lowest BCUT2D eigenvalue weighted by atomic mass is 9.79. The van der Waals surface area contributed by atoms with Crippen molar-refractivity contribution in [2.24, 2.45) is 0 Å². The summed E-state index contributed by atoms with van der Waals surface area (Å²) in [7, 11) is 2.68. The number of urea groups is 1. The Morgan fingerprint density at radius 2 is 1.97 bits per heavy atom. The van der Waals surface area contributed by atoms with Gasteiger partial charge in [0.2, 0.25) is 0 Å². The molecule has 2 aromatic carbocycles. The van der Waals surface area contributed by atoms with Crippen LogP contribution in [0.25, 0.3) is 0 Å². The van der Waals surface area contributed by atoms with E-state index in [4.69, 9.17) is 21.1 Å². The average molecular weight is 536 g/mol. The topological polar surface area (TPSA) is 90.4 Å². The number of nitrogens with zero attached hydrogens (tertiary/aromatic N) is 4. The molecule has 1 aromatic heterocycles. The molecule has 2 aliphatic heterocycles. The SMILES string of the molecule is COc1ccc(CNc2cc3c(cn2)CN(c2c(C)cccc2Cl)C(=O)N3C2CN(B(C)O)C2)c(OC)c1. The van der Waals surface area contributed by atoms with Crippen LogP contribution in [0.15, 0.2) is 48.7 Å². The van der Waals surface area contributed by atoms with Crippen molar-refractivity contribution in [2.45, 2.75) is 32.9 Å². The maximum Gasteiger partial charge on any atom is 0.376 e. The van der Waals surface area contributed by atoms with Crippen molar-refractivity contribution in [1.82, 2.24) is 9.79 Å². The highest BCUT2D eigenvalue weighted by atomic mass is 35.5. The van der Waals surface area contributed by atoms with Gasteiger partial charge in [-0.3, -0.25) is 9.80 Å². The molecular formula is C27H31BClN5O4. The maximum absolute atomic E-state index is 14.0. The molecule has 0 radical (unpaired) electrons. The number of rotatable bonds is 8. The fraction of sp³-hybridized carbons (Fsp3) is 0.333. The second kappa shape index (κ2) is 10.7. The summed E-state index contributed by atoms with van der Waals surface area (Å²) in [4.78, 5) is 24.1. The number of aryl methyl sites for hydroxylation is 1. The summed E-state index contributed by atoms with van der Waals surface area (Å²) in [6.45, 7) is 5.68. The van der Waals surface area contributed by atoms with E-state index >= 15 is 0 Å². The second-order valence-corrected chi connectivity index (χ2v) is 10.0. The van der Waals surface area contributed by atoms with E-state index < -0.39 is 7.05 Å². The Kier molecular flexibility index (Phi) is 7.38. The third-order valence-electron chi connectivity index (χ3n) is 7.18. The maximum atomic E-state index is 14.0. The molecule has 38 heavy (non-hydrogen) atoms. The molecule has 0 aliphatic carbocycles. The van der Waals surface area contributed by atoms with Crippen LogP contribution < -0.4 is 24.6 Å². The van der Waals surface area contributed by atoms with Crippen LogP contribution in [0.2, 0.25) is 11.8 Å². The van der Waals surface area contributed by atoms with Crippen molar-refractivity contribution in [3.63, 3.8) is 0 Å². The fourth-order valence-corrected chi connectivity index (χ4v) is 5.34. The van der Waals surface area contributed by atoms with E-state index in [1.807, 2.05) is 59.2 Å². The molecule has 3 aromatic rings.